The van der Waals surface area contributed by atoms with Gasteiger partial charge in [0.15, 0.2) is 12.1 Å². The van der Waals surface area contributed by atoms with E-state index >= 15 is 0 Å². The highest BCUT2D eigenvalue weighted by Crippen LogP contribution is 2.18. The van der Waals surface area contributed by atoms with Crippen molar-refractivity contribution in [3.8, 4) is 0 Å². The maximum atomic E-state index is 11.8. The van der Waals surface area contributed by atoms with E-state index in [9.17, 15) is 4.79 Å². The highest BCUT2D eigenvalue weighted by atomic mass is 16.2. The molecule has 0 aromatic carbocycles. The number of hydrogen-bond acceptors (Lipinski definition) is 4. The summed E-state index contributed by atoms with van der Waals surface area (Å²) in [5, 5.41) is 3.03. The average molecular weight is 208 g/mol. The number of carbonyl (C=O) groups is 1. The van der Waals surface area contributed by atoms with Crippen LogP contribution in [0.5, 0.6) is 0 Å². The lowest BCUT2D eigenvalue weighted by atomic mass is 10.1. The molecule has 0 aromatic heterocycles. The zero-order valence-electron chi connectivity index (χ0n) is 8.81. The van der Waals surface area contributed by atoms with E-state index < -0.39 is 0 Å². The van der Waals surface area contributed by atoms with E-state index in [-0.39, 0.29) is 18.1 Å². The van der Waals surface area contributed by atoms with Crippen LogP contribution in [0, 0.1) is 0 Å². The molecule has 0 aromatic rings. The van der Waals surface area contributed by atoms with Crippen molar-refractivity contribution >= 4 is 11.9 Å². The molecule has 0 bridgehead atoms. The molecule has 0 aliphatic carbocycles. The number of amides is 1. The quantitative estimate of drug-likeness (QED) is 0.617. The Morgan fingerprint density at radius 3 is 3.33 bits per heavy atom. The Labute approximate surface area is 89.0 Å². The molecule has 0 spiro atoms. The lowest BCUT2D eigenvalue weighted by molar-refractivity contribution is -0.133. The van der Waals surface area contributed by atoms with Crippen LogP contribution in [0.3, 0.4) is 0 Å². The number of nitrogens with two attached hydrogens (primary N) is 1. The molecule has 0 fully saturated rings. The Morgan fingerprint density at radius 2 is 2.60 bits per heavy atom. The summed E-state index contributed by atoms with van der Waals surface area (Å²) in [6.07, 6.45) is 5.30. The average Bonchev–Trinajstić information content (AvgIpc) is 2.57. The van der Waals surface area contributed by atoms with Gasteiger partial charge in [-0.05, 0) is 6.42 Å². The molecule has 3 N–H and O–H groups in total. The molecule has 2 heterocycles. The highest BCUT2D eigenvalue weighted by molar-refractivity contribution is 5.83. The van der Waals surface area contributed by atoms with Crippen LogP contribution in [0.2, 0.25) is 0 Å². The molecule has 5 nitrogen and oxygen atoms in total. The van der Waals surface area contributed by atoms with Gasteiger partial charge in [-0.2, -0.15) is 0 Å². The summed E-state index contributed by atoms with van der Waals surface area (Å²) in [6, 6.07) is 0.0551. The number of nitrogens with zero attached hydrogens (tertiary/aromatic N) is 2. The molecule has 2 rings (SSSR count). The second-order valence-corrected chi connectivity index (χ2v) is 3.82. The Balaban J connectivity index is 2.12. The van der Waals surface area contributed by atoms with Gasteiger partial charge in [-0.15, -0.1) is 0 Å². The van der Waals surface area contributed by atoms with Crippen molar-refractivity contribution < 1.29 is 4.79 Å². The predicted molar refractivity (Wildman–Crippen MR) is 58.1 cm³/mol. The Bertz CT molecular complexity index is 323. The van der Waals surface area contributed by atoms with Crippen LogP contribution in [-0.2, 0) is 4.79 Å². The van der Waals surface area contributed by atoms with Crippen molar-refractivity contribution in [1.29, 1.82) is 0 Å². The van der Waals surface area contributed by atoms with Crippen LogP contribution in [0.4, 0.5) is 0 Å². The number of fused-ring (bicyclic) bond motifs is 1. The van der Waals surface area contributed by atoms with Gasteiger partial charge in [-0.1, -0.05) is 19.1 Å². The van der Waals surface area contributed by atoms with Crippen LogP contribution in [-0.4, -0.2) is 35.5 Å². The molecule has 82 valence electrons. The Hall–Kier alpha value is -1.52. The molecule has 5 heteroatoms. The number of aliphatic imine (C=N–C) groups is 1. The normalized spacial score (nSPS) is 28.3. The zero-order chi connectivity index (χ0) is 10.8. The van der Waals surface area contributed by atoms with Crippen molar-refractivity contribution in [2.24, 2.45) is 10.7 Å². The molecule has 0 saturated heterocycles. The van der Waals surface area contributed by atoms with E-state index in [0.29, 0.717) is 18.9 Å². The maximum absolute atomic E-state index is 11.8. The van der Waals surface area contributed by atoms with Crippen molar-refractivity contribution in [2.45, 2.75) is 32.0 Å². The zero-order valence-corrected chi connectivity index (χ0v) is 8.81. The van der Waals surface area contributed by atoms with Gasteiger partial charge < -0.3 is 16.0 Å². The summed E-state index contributed by atoms with van der Waals surface area (Å²) in [5.41, 5.74) is 5.60. The molecular weight excluding hydrogens is 192 g/mol. The van der Waals surface area contributed by atoms with Crippen LogP contribution in [0.15, 0.2) is 17.1 Å². The lowest BCUT2D eigenvalue weighted by Gasteiger charge is -2.32. The fraction of sp³-hybridized carbons (Fsp3) is 0.600. The van der Waals surface area contributed by atoms with E-state index in [1.54, 1.807) is 4.90 Å². The van der Waals surface area contributed by atoms with E-state index in [2.05, 4.69) is 10.3 Å². The van der Waals surface area contributed by atoms with Gasteiger partial charge in [0.2, 0.25) is 5.91 Å². The first kappa shape index (κ1) is 10.0. The van der Waals surface area contributed by atoms with E-state index in [0.717, 1.165) is 6.42 Å². The second kappa shape index (κ2) is 3.92. The molecular formula is C10H16N4O. The summed E-state index contributed by atoms with van der Waals surface area (Å²) in [5.74, 6) is 0.572. The third kappa shape index (κ3) is 1.82. The van der Waals surface area contributed by atoms with Gasteiger partial charge in [-0.3, -0.25) is 4.79 Å². The molecule has 2 atom stereocenters. The SMILES string of the molecule is CCCC(=O)N1CC=CC2NC(N)=NC21. The van der Waals surface area contributed by atoms with E-state index in [1.807, 2.05) is 19.1 Å². The summed E-state index contributed by atoms with van der Waals surface area (Å²) in [7, 11) is 0. The van der Waals surface area contributed by atoms with Crippen LogP contribution in [0.25, 0.3) is 0 Å². The van der Waals surface area contributed by atoms with Gasteiger partial charge in [0, 0.05) is 13.0 Å². The molecule has 0 radical (unpaired) electrons. The minimum atomic E-state index is -0.144. The summed E-state index contributed by atoms with van der Waals surface area (Å²) in [6.45, 7) is 2.64. The first-order valence-corrected chi connectivity index (χ1v) is 5.28. The van der Waals surface area contributed by atoms with Crippen LogP contribution >= 0.6 is 0 Å². The first-order chi connectivity index (χ1) is 7.22. The van der Waals surface area contributed by atoms with Crippen molar-refractivity contribution in [3.05, 3.63) is 12.2 Å². The summed E-state index contributed by atoms with van der Waals surface area (Å²) >= 11 is 0. The minimum absolute atomic E-state index is 0.0551. The van der Waals surface area contributed by atoms with Crippen molar-refractivity contribution in [1.82, 2.24) is 10.2 Å². The number of carbonyl (C=O) groups excluding carboxylic acids is 1. The number of rotatable bonds is 2. The highest BCUT2D eigenvalue weighted by Gasteiger charge is 2.34. The van der Waals surface area contributed by atoms with Crippen molar-refractivity contribution in [3.63, 3.8) is 0 Å². The maximum Gasteiger partial charge on any atom is 0.224 e. The molecule has 0 saturated carbocycles. The standard InChI is InChI=1S/C10H16N4O/c1-2-4-8(15)14-6-3-5-7-9(14)13-10(11)12-7/h3,5,7,9H,2,4,6H2,1H3,(H3,11,12,13). The van der Waals surface area contributed by atoms with Gasteiger partial charge >= 0.3 is 0 Å². The molecule has 15 heavy (non-hydrogen) atoms. The summed E-state index contributed by atoms with van der Waals surface area (Å²) < 4.78 is 0. The Kier molecular flexibility index (Phi) is 2.62. The van der Waals surface area contributed by atoms with Crippen molar-refractivity contribution in [2.75, 3.05) is 6.54 Å². The topological polar surface area (TPSA) is 70.7 Å². The number of nitrogens with one attached hydrogen (secondary N) is 1. The third-order valence-electron chi connectivity index (χ3n) is 2.66. The second-order valence-electron chi connectivity index (χ2n) is 3.82. The predicted octanol–water partition coefficient (Wildman–Crippen LogP) is -0.202. The Morgan fingerprint density at radius 1 is 1.80 bits per heavy atom. The molecule has 2 unspecified atom stereocenters. The molecule has 2 aliphatic rings. The van der Waals surface area contributed by atoms with Gasteiger partial charge in [0.1, 0.15) is 0 Å². The van der Waals surface area contributed by atoms with Gasteiger partial charge in [-0.25, -0.2) is 4.99 Å². The lowest BCUT2D eigenvalue weighted by Crippen LogP contribution is -2.49. The fourth-order valence-electron chi connectivity index (χ4n) is 1.95. The monoisotopic (exact) mass is 208 g/mol. The first-order valence-electron chi connectivity index (χ1n) is 5.28. The van der Waals surface area contributed by atoms with Crippen LogP contribution < -0.4 is 11.1 Å². The fourth-order valence-corrected chi connectivity index (χ4v) is 1.95. The third-order valence-corrected chi connectivity index (χ3v) is 2.66. The minimum Gasteiger partial charge on any atom is -0.370 e. The van der Waals surface area contributed by atoms with Gasteiger partial charge in [0.25, 0.3) is 0 Å². The number of hydrogen-bond donors (Lipinski definition) is 2. The molecule has 1 amide bonds. The summed E-state index contributed by atoms with van der Waals surface area (Å²) in [4.78, 5) is 17.8. The molecule has 2 aliphatic heterocycles. The van der Waals surface area contributed by atoms with E-state index in [1.165, 1.54) is 0 Å². The largest absolute Gasteiger partial charge is 0.370 e. The van der Waals surface area contributed by atoms with Crippen LogP contribution in [0.1, 0.15) is 19.8 Å². The van der Waals surface area contributed by atoms with Gasteiger partial charge in [0.05, 0.1) is 6.04 Å². The smallest absolute Gasteiger partial charge is 0.224 e. The van der Waals surface area contributed by atoms with E-state index in [4.69, 9.17) is 5.73 Å². The number of guanidine groups is 1.